The fraction of sp³-hybridized carbons (Fsp3) is 0.889. The molecule has 64 valence electrons. The average molecular weight is 219 g/mol. The number of carbonyl (C=O) groups excluding carboxylic acids is 1. The highest BCUT2D eigenvalue weighted by atomic mass is 79.9. The molecule has 1 fully saturated rings. The average Bonchev–Trinajstić information content (AvgIpc) is 1.82. The van der Waals surface area contributed by atoms with Gasteiger partial charge in [-0.05, 0) is 19.8 Å². The van der Waals surface area contributed by atoms with Crippen LogP contribution in [0.4, 0.5) is 0 Å². The van der Waals surface area contributed by atoms with Crippen LogP contribution in [0.5, 0.6) is 0 Å². The van der Waals surface area contributed by atoms with Gasteiger partial charge < -0.3 is 0 Å². The molecule has 0 spiro atoms. The monoisotopic (exact) mass is 218 g/mol. The number of alkyl halides is 1. The Kier molecular flexibility index (Phi) is 2.17. The molecule has 0 amide bonds. The predicted molar refractivity (Wildman–Crippen MR) is 50.0 cm³/mol. The van der Waals surface area contributed by atoms with Crippen LogP contribution in [0.3, 0.4) is 0 Å². The summed E-state index contributed by atoms with van der Waals surface area (Å²) in [5.74, 6) is 0.358. The zero-order valence-electron chi connectivity index (χ0n) is 7.41. The van der Waals surface area contributed by atoms with Crippen LogP contribution in [0.15, 0.2) is 0 Å². The molecule has 1 aliphatic rings. The van der Waals surface area contributed by atoms with Crippen LogP contribution < -0.4 is 0 Å². The van der Waals surface area contributed by atoms with Crippen molar-refractivity contribution in [1.29, 1.82) is 0 Å². The molecule has 0 heterocycles. The van der Waals surface area contributed by atoms with E-state index in [4.69, 9.17) is 0 Å². The summed E-state index contributed by atoms with van der Waals surface area (Å²) in [7, 11) is 0. The van der Waals surface area contributed by atoms with Crippen LogP contribution in [0.2, 0.25) is 0 Å². The number of ketones is 1. The third-order valence-corrected chi connectivity index (χ3v) is 3.29. The van der Waals surface area contributed by atoms with Crippen molar-refractivity contribution < 1.29 is 4.79 Å². The highest BCUT2D eigenvalue weighted by molar-refractivity contribution is 9.10. The molecule has 0 N–H and O–H groups in total. The van der Waals surface area contributed by atoms with Crippen LogP contribution in [0, 0.1) is 5.41 Å². The van der Waals surface area contributed by atoms with Crippen molar-refractivity contribution in [2.75, 3.05) is 0 Å². The van der Waals surface area contributed by atoms with Gasteiger partial charge in [0.1, 0.15) is 0 Å². The van der Waals surface area contributed by atoms with Crippen LogP contribution in [0.25, 0.3) is 0 Å². The zero-order valence-corrected chi connectivity index (χ0v) is 8.99. The van der Waals surface area contributed by atoms with Crippen molar-refractivity contribution in [2.24, 2.45) is 5.41 Å². The Balaban J connectivity index is 2.85. The second kappa shape index (κ2) is 2.58. The van der Waals surface area contributed by atoms with E-state index in [1.807, 2.05) is 20.8 Å². The molecule has 0 aliphatic heterocycles. The Morgan fingerprint density at radius 1 is 1.27 bits per heavy atom. The standard InChI is InChI=1S/C9H15BrO/c1-8(2)5-4-6-9(3,10)7(8)11/h4-6H2,1-3H3. The first-order valence-corrected chi connectivity index (χ1v) is 4.89. The van der Waals surface area contributed by atoms with Gasteiger partial charge in [0.15, 0.2) is 5.78 Å². The van der Waals surface area contributed by atoms with Gasteiger partial charge in [-0.1, -0.05) is 36.2 Å². The molecule has 1 atom stereocenters. The highest BCUT2D eigenvalue weighted by Gasteiger charge is 2.43. The lowest BCUT2D eigenvalue weighted by Crippen LogP contribution is -2.43. The van der Waals surface area contributed by atoms with Crippen molar-refractivity contribution in [1.82, 2.24) is 0 Å². The van der Waals surface area contributed by atoms with Crippen molar-refractivity contribution >= 4 is 21.7 Å². The van der Waals surface area contributed by atoms with Gasteiger partial charge in [-0.25, -0.2) is 0 Å². The molecule has 11 heavy (non-hydrogen) atoms. The second-order valence-electron chi connectivity index (χ2n) is 4.26. The van der Waals surface area contributed by atoms with E-state index in [0.717, 1.165) is 19.3 Å². The van der Waals surface area contributed by atoms with Crippen molar-refractivity contribution in [3.63, 3.8) is 0 Å². The summed E-state index contributed by atoms with van der Waals surface area (Å²) in [6.07, 6.45) is 3.17. The van der Waals surface area contributed by atoms with E-state index in [1.165, 1.54) is 0 Å². The molecule has 1 unspecified atom stereocenters. The molecule has 1 saturated carbocycles. The minimum absolute atomic E-state index is 0.115. The molecule has 0 radical (unpaired) electrons. The number of Topliss-reactive ketones (excluding diaryl/α,β-unsaturated/α-hetero) is 1. The largest absolute Gasteiger partial charge is 0.298 e. The summed E-state index contributed by atoms with van der Waals surface area (Å²) >= 11 is 3.48. The lowest BCUT2D eigenvalue weighted by molar-refractivity contribution is -0.131. The van der Waals surface area contributed by atoms with E-state index >= 15 is 0 Å². The fourth-order valence-electron chi connectivity index (χ4n) is 1.79. The van der Waals surface area contributed by atoms with E-state index in [9.17, 15) is 4.79 Å². The van der Waals surface area contributed by atoms with E-state index in [1.54, 1.807) is 0 Å². The van der Waals surface area contributed by atoms with Crippen LogP contribution in [-0.2, 0) is 4.79 Å². The maximum atomic E-state index is 11.7. The van der Waals surface area contributed by atoms with Crippen LogP contribution in [-0.4, -0.2) is 10.1 Å². The van der Waals surface area contributed by atoms with E-state index in [0.29, 0.717) is 5.78 Å². The Labute approximate surface area is 76.7 Å². The quantitative estimate of drug-likeness (QED) is 0.572. The summed E-state index contributed by atoms with van der Waals surface area (Å²) in [5, 5.41) is 0. The van der Waals surface area contributed by atoms with E-state index in [2.05, 4.69) is 15.9 Å². The van der Waals surface area contributed by atoms with Crippen LogP contribution >= 0.6 is 15.9 Å². The van der Waals surface area contributed by atoms with Gasteiger partial charge in [-0.15, -0.1) is 0 Å². The molecule has 0 saturated heterocycles. The molecular weight excluding hydrogens is 204 g/mol. The number of halogens is 1. The molecule has 1 rings (SSSR count). The predicted octanol–water partition coefficient (Wildman–Crippen LogP) is 2.92. The lowest BCUT2D eigenvalue weighted by Gasteiger charge is -2.37. The third-order valence-electron chi connectivity index (χ3n) is 2.54. The van der Waals surface area contributed by atoms with Crippen molar-refractivity contribution in [2.45, 2.75) is 44.4 Å². The first-order valence-electron chi connectivity index (χ1n) is 4.10. The summed E-state index contributed by atoms with van der Waals surface area (Å²) in [6, 6.07) is 0. The number of carbonyl (C=O) groups is 1. The van der Waals surface area contributed by atoms with E-state index < -0.39 is 0 Å². The second-order valence-corrected chi connectivity index (χ2v) is 6.01. The SMILES string of the molecule is CC1(C)CCCC(C)(Br)C1=O. The Bertz CT molecular complexity index is 164. The topological polar surface area (TPSA) is 17.1 Å². The first kappa shape index (κ1) is 9.24. The molecule has 0 aromatic carbocycles. The maximum absolute atomic E-state index is 11.7. The van der Waals surface area contributed by atoms with Gasteiger partial charge in [-0.2, -0.15) is 0 Å². The van der Waals surface area contributed by atoms with E-state index in [-0.39, 0.29) is 9.74 Å². The van der Waals surface area contributed by atoms with Crippen molar-refractivity contribution in [3.05, 3.63) is 0 Å². The molecular formula is C9H15BrO. The summed E-state index contributed by atoms with van der Waals surface area (Å²) < 4.78 is -0.255. The Hall–Kier alpha value is 0.150. The summed E-state index contributed by atoms with van der Waals surface area (Å²) in [5.41, 5.74) is -0.115. The minimum Gasteiger partial charge on any atom is -0.298 e. The van der Waals surface area contributed by atoms with Gasteiger partial charge in [0.2, 0.25) is 0 Å². The smallest absolute Gasteiger partial charge is 0.154 e. The normalized spacial score (nSPS) is 37.3. The van der Waals surface area contributed by atoms with Gasteiger partial charge in [0, 0.05) is 5.41 Å². The third kappa shape index (κ3) is 1.66. The molecule has 1 aliphatic carbocycles. The summed E-state index contributed by atoms with van der Waals surface area (Å²) in [6.45, 7) is 6.05. The van der Waals surface area contributed by atoms with Gasteiger partial charge in [-0.3, -0.25) is 4.79 Å². The highest BCUT2D eigenvalue weighted by Crippen LogP contribution is 2.41. The van der Waals surface area contributed by atoms with Crippen LogP contribution in [0.1, 0.15) is 40.0 Å². The number of hydrogen-bond acceptors (Lipinski definition) is 1. The molecule has 0 bridgehead atoms. The number of hydrogen-bond donors (Lipinski definition) is 0. The minimum atomic E-state index is -0.255. The van der Waals surface area contributed by atoms with Crippen molar-refractivity contribution in [3.8, 4) is 0 Å². The maximum Gasteiger partial charge on any atom is 0.154 e. The first-order chi connectivity index (χ1) is 4.86. The Morgan fingerprint density at radius 3 is 2.18 bits per heavy atom. The van der Waals surface area contributed by atoms with Gasteiger partial charge >= 0.3 is 0 Å². The Morgan fingerprint density at radius 2 is 1.82 bits per heavy atom. The lowest BCUT2D eigenvalue weighted by atomic mass is 9.71. The molecule has 1 nitrogen and oxygen atoms in total. The molecule has 0 aromatic heterocycles. The molecule has 0 aromatic rings. The van der Waals surface area contributed by atoms with Gasteiger partial charge in [0.05, 0.1) is 4.32 Å². The zero-order chi connectivity index (χ0) is 8.70. The number of rotatable bonds is 0. The fourth-order valence-corrected chi connectivity index (χ4v) is 2.61. The summed E-state index contributed by atoms with van der Waals surface area (Å²) in [4.78, 5) is 11.7. The molecule has 2 heteroatoms. The van der Waals surface area contributed by atoms with Gasteiger partial charge in [0.25, 0.3) is 0 Å².